The number of morpholine rings is 1. The van der Waals surface area contributed by atoms with Crippen molar-refractivity contribution < 1.29 is 19.4 Å². The van der Waals surface area contributed by atoms with E-state index in [1.165, 1.54) is 0 Å². The number of carbonyl (C=O) groups is 2. The molecule has 0 aliphatic carbocycles. The smallest absolute Gasteiger partial charge is 0.323 e. The standard InChI is InChI=1S/C24H24N4O4/c29-15-21-23(32-16-22(30)28(21)14-17-10-12-25-13-11-17)18-6-8-20(9-7-18)27-24(31)26-19-4-2-1-3-5-19/h1-13,21,23,29H,14-16H2,(H2,26,27,31). The summed E-state index contributed by atoms with van der Waals surface area (Å²) in [6.45, 7) is 0.0679. The van der Waals surface area contributed by atoms with Gasteiger partial charge in [0.1, 0.15) is 12.7 Å². The minimum Gasteiger partial charge on any atom is -0.394 e. The summed E-state index contributed by atoms with van der Waals surface area (Å²) in [5, 5.41) is 15.6. The van der Waals surface area contributed by atoms with E-state index in [-0.39, 0.29) is 25.2 Å². The maximum atomic E-state index is 12.5. The first kappa shape index (κ1) is 21.5. The number of hydrogen-bond acceptors (Lipinski definition) is 5. The number of hydrogen-bond donors (Lipinski definition) is 3. The molecule has 1 aliphatic rings. The van der Waals surface area contributed by atoms with Crippen molar-refractivity contribution in [3.8, 4) is 0 Å². The summed E-state index contributed by atoms with van der Waals surface area (Å²) >= 11 is 0. The monoisotopic (exact) mass is 432 g/mol. The second kappa shape index (κ2) is 10.0. The first-order chi connectivity index (χ1) is 15.6. The molecule has 0 spiro atoms. The van der Waals surface area contributed by atoms with Gasteiger partial charge in [0.2, 0.25) is 5.91 Å². The van der Waals surface area contributed by atoms with Crippen LogP contribution in [0.25, 0.3) is 0 Å². The lowest BCUT2D eigenvalue weighted by molar-refractivity contribution is -0.162. The van der Waals surface area contributed by atoms with Crippen LogP contribution in [0.1, 0.15) is 17.2 Å². The number of carbonyl (C=O) groups excluding carboxylic acids is 2. The van der Waals surface area contributed by atoms with E-state index in [0.29, 0.717) is 17.9 Å². The van der Waals surface area contributed by atoms with Gasteiger partial charge in [-0.2, -0.15) is 0 Å². The lowest BCUT2D eigenvalue weighted by Crippen LogP contribution is -2.52. The van der Waals surface area contributed by atoms with Crippen LogP contribution < -0.4 is 10.6 Å². The van der Waals surface area contributed by atoms with Crippen molar-refractivity contribution in [3.63, 3.8) is 0 Å². The summed E-state index contributed by atoms with van der Waals surface area (Å²) in [5.41, 5.74) is 3.05. The van der Waals surface area contributed by atoms with Crippen LogP contribution in [-0.2, 0) is 16.1 Å². The number of nitrogens with one attached hydrogen (secondary N) is 2. The first-order valence-electron chi connectivity index (χ1n) is 10.3. The summed E-state index contributed by atoms with van der Waals surface area (Å²) in [6, 6.07) is 19.2. The molecule has 8 nitrogen and oxygen atoms in total. The number of urea groups is 1. The van der Waals surface area contributed by atoms with Gasteiger partial charge in [-0.1, -0.05) is 30.3 Å². The van der Waals surface area contributed by atoms with Gasteiger partial charge in [0.05, 0.1) is 12.6 Å². The van der Waals surface area contributed by atoms with Crippen LogP contribution in [0.3, 0.4) is 0 Å². The number of pyridine rings is 1. The van der Waals surface area contributed by atoms with Gasteiger partial charge in [0, 0.05) is 30.3 Å². The number of aromatic nitrogens is 1. The molecule has 2 heterocycles. The van der Waals surface area contributed by atoms with E-state index < -0.39 is 12.1 Å². The predicted octanol–water partition coefficient (Wildman–Crippen LogP) is 3.19. The van der Waals surface area contributed by atoms with E-state index in [2.05, 4.69) is 15.6 Å². The molecule has 1 fully saturated rings. The minimum atomic E-state index is -0.524. The van der Waals surface area contributed by atoms with Gasteiger partial charge in [-0.25, -0.2) is 4.79 Å². The molecule has 2 unspecified atom stereocenters. The largest absolute Gasteiger partial charge is 0.394 e. The van der Waals surface area contributed by atoms with Gasteiger partial charge in [0.25, 0.3) is 0 Å². The van der Waals surface area contributed by atoms with Crippen molar-refractivity contribution >= 4 is 23.3 Å². The molecule has 3 N–H and O–H groups in total. The molecular formula is C24H24N4O4. The highest BCUT2D eigenvalue weighted by atomic mass is 16.5. The Morgan fingerprint density at radius 2 is 1.66 bits per heavy atom. The molecule has 4 rings (SSSR count). The number of aliphatic hydroxyl groups is 1. The van der Waals surface area contributed by atoms with E-state index in [4.69, 9.17) is 4.74 Å². The lowest BCUT2D eigenvalue weighted by Gasteiger charge is -2.40. The number of anilines is 2. The SMILES string of the molecule is O=C(Nc1ccccc1)Nc1ccc(C2OCC(=O)N(Cc3ccncc3)C2CO)cc1. The third-order valence-electron chi connectivity index (χ3n) is 5.27. The van der Waals surface area contributed by atoms with Gasteiger partial charge in [-0.3, -0.25) is 9.78 Å². The van der Waals surface area contributed by atoms with Crippen molar-refractivity contribution in [1.29, 1.82) is 0 Å². The van der Waals surface area contributed by atoms with Gasteiger partial charge in [0.15, 0.2) is 0 Å². The molecule has 0 saturated carbocycles. The van der Waals surface area contributed by atoms with Crippen LogP contribution in [0.15, 0.2) is 79.1 Å². The molecule has 3 aromatic rings. The van der Waals surface area contributed by atoms with Crippen LogP contribution in [0.5, 0.6) is 0 Å². The van der Waals surface area contributed by atoms with Gasteiger partial charge >= 0.3 is 6.03 Å². The molecule has 32 heavy (non-hydrogen) atoms. The fourth-order valence-electron chi connectivity index (χ4n) is 3.68. The normalized spacial score (nSPS) is 18.3. The average Bonchev–Trinajstić information content (AvgIpc) is 2.82. The van der Waals surface area contributed by atoms with Crippen molar-refractivity contribution in [3.05, 3.63) is 90.3 Å². The molecular weight excluding hydrogens is 408 g/mol. The molecule has 1 saturated heterocycles. The van der Waals surface area contributed by atoms with E-state index in [9.17, 15) is 14.7 Å². The third-order valence-corrected chi connectivity index (χ3v) is 5.27. The van der Waals surface area contributed by atoms with Crippen LogP contribution in [-0.4, -0.2) is 46.2 Å². The predicted molar refractivity (Wildman–Crippen MR) is 120 cm³/mol. The first-order valence-corrected chi connectivity index (χ1v) is 10.3. The van der Waals surface area contributed by atoms with E-state index in [1.807, 2.05) is 42.5 Å². The molecule has 0 radical (unpaired) electrons. The number of amides is 3. The Labute approximate surface area is 185 Å². The Bertz CT molecular complexity index is 1040. The minimum absolute atomic E-state index is 0.0638. The average molecular weight is 432 g/mol. The van der Waals surface area contributed by atoms with Crippen LogP contribution >= 0.6 is 0 Å². The highest BCUT2D eigenvalue weighted by molar-refractivity contribution is 5.99. The van der Waals surface area contributed by atoms with E-state index >= 15 is 0 Å². The van der Waals surface area contributed by atoms with Crippen molar-refractivity contribution in [2.45, 2.75) is 18.7 Å². The molecule has 1 aromatic heterocycles. The van der Waals surface area contributed by atoms with E-state index in [0.717, 1.165) is 11.1 Å². The van der Waals surface area contributed by atoms with E-state index in [1.54, 1.807) is 41.6 Å². The summed E-state index contributed by atoms with van der Waals surface area (Å²) in [4.78, 5) is 30.3. The summed E-state index contributed by atoms with van der Waals surface area (Å²) in [6.07, 6.45) is 2.86. The summed E-state index contributed by atoms with van der Waals surface area (Å²) in [5.74, 6) is -0.173. The summed E-state index contributed by atoms with van der Waals surface area (Å²) < 4.78 is 5.78. The molecule has 2 atom stereocenters. The number of nitrogens with zero attached hydrogens (tertiary/aromatic N) is 2. The highest BCUT2D eigenvalue weighted by Gasteiger charge is 2.37. The van der Waals surface area contributed by atoms with Crippen molar-refractivity contribution in [2.24, 2.45) is 0 Å². The molecule has 8 heteroatoms. The highest BCUT2D eigenvalue weighted by Crippen LogP contribution is 2.30. The second-order valence-electron chi connectivity index (χ2n) is 7.43. The number of benzene rings is 2. The summed E-state index contributed by atoms with van der Waals surface area (Å²) in [7, 11) is 0. The fourth-order valence-corrected chi connectivity index (χ4v) is 3.68. The molecule has 0 bridgehead atoms. The van der Waals surface area contributed by atoms with Crippen molar-refractivity contribution in [1.82, 2.24) is 9.88 Å². The van der Waals surface area contributed by atoms with Crippen LogP contribution in [0.2, 0.25) is 0 Å². The van der Waals surface area contributed by atoms with Crippen molar-refractivity contribution in [2.75, 3.05) is 23.8 Å². The number of aliphatic hydroxyl groups excluding tert-OH is 1. The number of ether oxygens (including phenoxy) is 1. The van der Waals surface area contributed by atoms with Gasteiger partial charge in [-0.15, -0.1) is 0 Å². The number of para-hydroxylation sites is 1. The Hall–Kier alpha value is -3.75. The Balaban J connectivity index is 1.44. The molecule has 3 amide bonds. The fraction of sp³-hybridized carbons (Fsp3) is 0.208. The molecule has 164 valence electrons. The lowest BCUT2D eigenvalue weighted by atomic mass is 9.98. The van der Waals surface area contributed by atoms with Crippen LogP contribution in [0.4, 0.5) is 16.2 Å². The Morgan fingerprint density at radius 1 is 1.00 bits per heavy atom. The Kier molecular flexibility index (Phi) is 6.74. The zero-order valence-electron chi connectivity index (χ0n) is 17.3. The Morgan fingerprint density at radius 3 is 2.31 bits per heavy atom. The maximum absolute atomic E-state index is 12.5. The van der Waals surface area contributed by atoms with Gasteiger partial charge in [-0.05, 0) is 47.5 Å². The zero-order chi connectivity index (χ0) is 22.3. The molecule has 2 aromatic carbocycles. The second-order valence-corrected chi connectivity index (χ2v) is 7.43. The van der Waals surface area contributed by atoms with Gasteiger partial charge < -0.3 is 25.4 Å². The third kappa shape index (κ3) is 5.11. The quantitative estimate of drug-likeness (QED) is 0.555. The molecule has 1 aliphatic heterocycles. The number of rotatable bonds is 6. The zero-order valence-corrected chi connectivity index (χ0v) is 17.3. The maximum Gasteiger partial charge on any atom is 0.323 e. The topological polar surface area (TPSA) is 104 Å². The van der Waals surface area contributed by atoms with Crippen LogP contribution in [0, 0.1) is 0 Å².